The quantitative estimate of drug-likeness (QED) is 0.755. The van der Waals surface area contributed by atoms with E-state index in [9.17, 15) is 4.79 Å². The van der Waals surface area contributed by atoms with Crippen molar-refractivity contribution in [1.82, 2.24) is 0 Å². The van der Waals surface area contributed by atoms with E-state index in [1.165, 1.54) is 0 Å². The predicted octanol–water partition coefficient (Wildman–Crippen LogP) is 3.45. The van der Waals surface area contributed by atoms with Crippen LogP contribution in [0.3, 0.4) is 0 Å². The van der Waals surface area contributed by atoms with Gasteiger partial charge in [0.15, 0.2) is 18.1 Å². The zero-order valence-electron chi connectivity index (χ0n) is 13.9. The van der Waals surface area contributed by atoms with E-state index in [1.54, 1.807) is 32.4 Å². The summed E-state index contributed by atoms with van der Waals surface area (Å²) in [5.41, 5.74) is 1.66. The first-order chi connectivity index (χ1) is 11.7. The van der Waals surface area contributed by atoms with Crippen LogP contribution in [0, 0.1) is 0 Å². The molecule has 0 aliphatic rings. The van der Waals surface area contributed by atoms with Gasteiger partial charge in [-0.15, -0.1) is 6.58 Å². The molecule has 0 bridgehead atoms. The van der Waals surface area contributed by atoms with Gasteiger partial charge in [0.05, 0.1) is 19.9 Å². The van der Waals surface area contributed by atoms with Crippen LogP contribution in [0.5, 0.6) is 17.2 Å². The molecule has 0 spiro atoms. The van der Waals surface area contributed by atoms with Crippen LogP contribution < -0.4 is 19.5 Å². The number of methoxy groups -OCH3 is 2. The van der Waals surface area contributed by atoms with Crippen molar-refractivity contribution < 1.29 is 19.0 Å². The van der Waals surface area contributed by atoms with E-state index in [2.05, 4.69) is 11.9 Å². The lowest BCUT2D eigenvalue weighted by molar-refractivity contribution is -0.118. The normalized spacial score (nSPS) is 9.92. The molecule has 0 fully saturated rings. The number of benzene rings is 2. The van der Waals surface area contributed by atoms with Gasteiger partial charge < -0.3 is 19.5 Å². The fourth-order valence-electron chi connectivity index (χ4n) is 2.20. The lowest BCUT2D eigenvalue weighted by Crippen LogP contribution is -2.20. The molecule has 5 nitrogen and oxygen atoms in total. The highest BCUT2D eigenvalue weighted by molar-refractivity contribution is 5.93. The second-order valence-electron chi connectivity index (χ2n) is 5.02. The number of nitrogens with one attached hydrogen (secondary N) is 1. The summed E-state index contributed by atoms with van der Waals surface area (Å²) in [5, 5.41) is 2.76. The maximum atomic E-state index is 12.1. The summed E-state index contributed by atoms with van der Waals surface area (Å²) in [5.74, 6) is 1.41. The summed E-state index contributed by atoms with van der Waals surface area (Å²) in [4.78, 5) is 12.1. The van der Waals surface area contributed by atoms with Crippen molar-refractivity contribution in [3.8, 4) is 17.2 Å². The topological polar surface area (TPSA) is 56.8 Å². The molecular weight excluding hydrogens is 306 g/mol. The molecule has 2 aromatic rings. The monoisotopic (exact) mass is 327 g/mol. The molecule has 2 rings (SSSR count). The number of carbonyl (C=O) groups excluding carboxylic acids is 1. The third-order valence-corrected chi connectivity index (χ3v) is 3.35. The van der Waals surface area contributed by atoms with Gasteiger partial charge in [0, 0.05) is 0 Å². The van der Waals surface area contributed by atoms with Crippen molar-refractivity contribution in [3.05, 3.63) is 60.7 Å². The van der Waals surface area contributed by atoms with Crippen LogP contribution in [0.25, 0.3) is 0 Å². The molecule has 2 aromatic carbocycles. The lowest BCUT2D eigenvalue weighted by Gasteiger charge is -2.13. The third kappa shape index (κ3) is 4.52. The van der Waals surface area contributed by atoms with Gasteiger partial charge in [-0.05, 0) is 36.2 Å². The molecule has 0 saturated heterocycles. The smallest absolute Gasteiger partial charge is 0.262 e. The number of hydrogen-bond acceptors (Lipinski definition) is 4. The number of hydrogen-bond donors (Lipinski definition) is 1. The molecule has 1 N–H and O–H groups in total. The second kappa shape index (κ2) is 8.62. The molecule has 0 radical (unpaired) electrons. The Bertz CT molecular complexity index is 712. The number of rotatable bonds is 8. The number of anilines is 1. The first kappa shape index (κ1) is 17.4. The Morgan fingerprint density at radius 1 is 1.08 bits per heavy atom. The zero-order valence-corrected chi connectivity index (χ0v) is 13.9. The number of para-hydroxylation sites is 2. The molecule has 0 atom stereocenters. The minimum atomic E-state index is -0.281. The van der Waals surface area contributed by atoms with E-state index < -0.39 is 0 Å². The van der Waals surface area contributed by atoms with Crippen LogP contribution in [0.15, 0.2) is 55.1 Å². The average molecular weight is 327 g/mol. The molecule has 0 aliphatic carbocycles. The van der Waals surface area contributed by atoms with Crippen LogP contribution in [0.4, 0.5) is 5.69 Å². The Hall–Kier alpha value is -2.95. The maximum Gasteiger partial charge on any atom is 0.262 e. The van der Waals surface area contributed by atoms with Gasteiger partial charge in [-0.3, -0.25) is 4.79 Å². The Labute approximate surface area is 141 Å². The van der Waals surface area contributed by atoms with E-state index in [0.29, 0.717) is 22.9 Å². The lowest BCUT2D eigenvalue weighted by atomic mass is 10.1. The van der Waals surface area contributed by atoms with Gasteiger partial charge in [0.25, 0.3) is 5.91 Å². The molecule has 0 heterocycles. The van der Waals surface area contributed by atoms with Gasteiger partial charge >= 0.3 is 0 Å². The first-order valence-corrected chi connectivity index (χ1v) is 7.51. The van der Waals surface area contributed by atoms with Crippen molar-refractivity contribution in [1.29, 1.82) is 0 Å². The van der Waals surface area contributed by atoms with Crippen LogP contribution in [-0.4, -0.2) is 26.7 Å². The molecule has 1 amide bonds. The summed E-state index contributed by atoms with van der Waals surface area (Å²) in [6, 6.07) is 12.8. The molecule has 0 aromatic heterocycles. The summed E-state index contributed by atoms with van der Waals surface area (Å²) >= 11 is 0. The maximum absolute atomic E-state index is 12.1. The molecule has 5 heteroatoms. The molecule has 126 valence electrons. The minimum Gasteiger partial charge on any atom is -0.495 e. The van der Waals surface area contributed by atoms with E-state index in [1.807, 2.05) is 30.3 Å². The second-order valence-corrected chi connectivity index (χ2v) is 5.02. The molecule has 0 unspecified atom stereocenters. The average Bonchev–Trinajstić information content (AvgIpc) is 2.61. The molecular formula is C19H21NO4. The van der Waals surface area contributed by atoms with Gasteiger partial charge in [-0.1, -0.05) is 24.3 Å². The van der Waals surface area contributed by atoms with Crippen LogP contribution >= 0.6 is 0 Å². The zero-order chi connectivity index (χ0) is 17.4. The fraction of sp³-hybridized carbons (Fsp3) is 0.211. The summed E-state index contributed by atoms with van der Waals surface area (Å²) in [7, 11) is 3.12. The van der Waals surface area contributed by atoms with Crippen molar-refractivity contribution in [2.45, 2.75) is 6.42 Å². The highest BCUT2D eigenvalue weighted by Gasteiger charge is 2.10. The van der Waals surface area contributed by atoms with Crippen LogP contribution in [0.2, 0.25) is 0 Å². The number of amides is 1. The van der Waals surface area contributed by atoms with E-state index in [0.717, 1.165) is 12.0 Å². The fourth-order valence-corrected chi connectivity index (χ4v) is 2.20. The summed E-state index contributed by atoms with van der Waals surface area (Å²) in [6.45, 7) is 3.58. The molecule has 24 heavy (non-hydrogen) atoms. The van der Waals surface area contributed by atoms with E-state index in [4.69, 9.17) is 14.2 Å². The standard InChI is InChI=1S/C19H21NO4/c1-4-7-14-10-11-17(18(12-14)23-3)24-13-19(21)20-15-8-5-6-9-16(15)22-2/h4-6,8-12H,1,7,13H2,2-3H3,(H,20,21). The van der Waals surface area contributed by atoms with Crippen molar-refractivity contribution in [2.75, 3.05) is 26.1 Å². The van der Waals surface area contributed by atoms with E-state index in [-0.39, 0.29) is 12.5 Å². The van der Waals surface area contributed by atoms with Crippen molar-refractivity contribution >= 4 is 11.6 Å². The van der Waals surface area contributed by atoms with Crippen molar-refractivity contribution in [3.63, 3.8) is 0 Å². The molecule has 0 saturated carbocycles. The largest absolute Gasteiger partial charge is 0.495 e. The SMILES string of the molecule is C=CCc1ccc(OCC(=O)Nc2ccccc2OC)c(OC)c1. The van der Waals surface area contributed by atoms with Crippen molar-refractivity contribution in [2.24, 2.45) is 0 Å². The highest BCUT2D eigenvalue weighted by Crippen LogP contribution is 2.28. The van der Waals surface area contributed by atoms with Gasteiger partial charge in [0.2, 0.25) is 0 Å². The Morgan fingerprint density at radius 3 is 2.54 bits per heavy atom. The van der Waals surface area contributed by atoms with Crippen LogP contribution in [0.1, 0.15) is 5.56 Å². The first-order valence-electron chi connectivity index (χ1n) is 7.51. The Kier molecular flexibility index (Phi) is 6.25. The summed E-state index contributed by atoms with van der Waals surface area (Å²) in [6.07, 6.45) is 2.56. The minimum absolute atomic E-state index is 0.130. The third-order valence-electron chi connectivity index (χ3n) is 3.35. The Balaban J connectivity index is 1.99. The van der Waals surface area contributed by atoms with Crippen LogP contribution in [-0.2, 0) is 11.2 Å². The van der Waals surface area contributed by atoms with Gasteiger partial charge in [-0.25, -0.2) is 0 Å². The Morgan fingerprint density at radius 2 is 1.83 bits per heavy atom. The van der Waals surface area contributed by atoms with Gasteiger partial charge in [0.1, 0.15) is 5.75 Å². The highest BCUT2D eigenvalue weighted by atomic mass is 16.5. The van der Waals surface area contributed by atoms with Gasteiger partial charge in [-0.2, -0.15) is 0 Å². The molecule has 0 aliphatic heterocycles. The number of ether oxygens (including phenoxy) is 3. The number of carbonyl (C=O) groups is 1. The summed E-state index contributed by atoms with van der Waals surface area (Å²) < 4.78 is 16.1. The number of allylic oxidation sites excluding steroid dienone is 1. The predicted molar refractivity (Wildman–Crippen MR) is 94.0 cm³/mol. The van der Waals surface area contributed by atoms with E-state index >= 15 is 0 Å².